The number of hydrogen-bond donors (Lipinski definition) is 1. The van der Waals surface area contributed by atoms with Crippen LogP contribution in [-0.4, -0.2) is 26.1 Å². The molecule has 1 aromatic carbocycles. The minimum Gasteiger partial charge on any atom is -0.292 e. The second-order valence-electron chi connectivity index (χ2n) is 6.12. The molecule has 0 bridgehead atoms. The van der Waals surface area contributed by atoms with Crippen LogP contribution in [0.5, 0.6) is 0 Å². The van der Waals surface area contributed by atoms with Crippen molar-refractivity contribution in [3.8, 4) is 0 Å². The Morgan fingerprint density at radius 3 is 2.50 bits per heavy atom. The first-order valence-corrected chi connectivity index (χ1v) is 9.05. The van der Waals surface area contributed by atoms with Crippen LogP contribution in [0, 0.1) is 13.8 Å². The van der Waals surface area contributed by atoms with E-state index in [0.717, 1.165) is 4.68 Å². The molecule has 3 aromatic rings. The van der Waals surface area contributed by atoms with Crippen LogP contribution in [0.3, 0.4) is 0 Å². The van der Waals surface area contributed by atoms with Gasteiger partial charge in [0, 0.05) is 22.5 Å². The number of carbonyl (C=O) groups excluding carboxylic acids is 2. The SMILES string of the molecule is Cc1cc(C(=O)Cn2ncc(Cl)c(Cl)c2=O)c(C)n1NC(=O)c1ccccc1. The van der Waals surface area contributed by atoms with Gasteiger partial charge in [-0.2, -0.15) is 5.10 Å². The first-order chi connectivity index (χ1) is 13.3. The van der Waals surface area contributed by atoms with Crippen LogP contribution in [0.2, 0.25) is 10.0 Å². The predicted molar refractivity (Wildman–Crippen MR) is 107 cm³/mol. The van der Waals surface area contributed by atoms with Crippen molar-refractivity contribution in [2.45, 2.75) is 20.4 Å². The van der Waals surface area contributed by atoms with Crippen LogP contribution in [-0.2, 0) is 6.54 Å². The number of amides is 1. The van der Waals surface area contributed by atoms with Gasteiger partial charge in [-0.3, -0.25) is 24.5 Å². The van der Waals surface area contributed by atoms with Gasteiger partial charge in [0.15, 0.2) is 5.78 Å². The molecular weight excluding hydrogens is 403 g/mol. The highest BCUT2D eigenvalue weighted by Crippen LogP contribution is 2.17. The highest BCUT2D eigenvalue weighted by atomic mass is 35.5. The lowest BCUT2D eigenvalue weighted by Gasteiger charge is -2.12. The second-order valence-corrected chi connectivity index (χ2v) is 6.90. The summed E-state index contributed by atoms with van der Waals surface area (Å²) in [4.78, 5) is 37.2. The molecular formula is C19H16Cl2N4O3. The van der Waals surface area contributed by atoms with Gasteiger partial charge in [0.05, 0.1) is 11.2 Å². The first kappa shape index (κ1) is 19.9. The molecule has 9 heteroatoms. The fourth-order valence-corrected chi connectivity index (χ4v) is 3.02. The van der Waals surface area contributed by atoms with Gasteiger partial charge < -0.3 is 0 Å². The van der Waals surface area contributed by atoms with E-state index in [0.29, 0.717) is 22.5 Å². The van der Waals surface area contributed by atoms with Crippen LogP contribution in [0.15, 0.2) is 47.4 Å². The zero-order valence-corrected chi connectivity index (χ0v) is 16.6. The summed E-state index contributed by atoms with van der Waals surface area (Å²) in [7, 11) is 0. The van der Waals surface area contributed by atoms with Crippen molar-refractivity contribution in [3.63, 3.8) is 0 Å². The minimum atomic E-state index is -0.645. The van der Waals surface area contributed by atoms with Crippen LogP contribution in [0.4, 0.5) is 0 Å². The molecule has 28 heavy (non-hydrogen) atoms. The van der Waals surface area contributed by atoms with Crippen LogP contribution in [0.25, 0.3) is 0 Å². The average molecular weight is 419 g/mol. The normalized spacial score (nSPS) is 10.7. The molecule has 0 radical (unpaired) electrons. The van der Waals surface area contributed by atoms with Gasteiger partial charge in [0.1, 0.15) is 11.6 Å². The number of ketones is 1. The lowest BCUT2D eigenvalue weighted by atomic mass is 10.1. The van der Waals surface area contributed by atoms with Gasteiger partial charge in [0.25, 0.3) is 11.5 Å². The molecule has 3 rings (SSSR count). The molecule has 0 unspecified atom stereocenters. The Labute approximate surface area is 170 Å². The third-order valence-electron chi connectivity index (χ3n) is 4.22. The maximum atomic E-state index is 12.7. The standard InChI is InChI=1S/C19H16Cl2N4O3/c1-11-8-14(16(26)10-24-19(28)17(21)15(20)9-22-24)12(2)25(11)23-18(27)13-6-4-3-5-7-13/h3-9H,10H2,1-2H3,(H,23,27). The molecule has 1 N–H and O–H groups in total. The summed E-state index contributed by atoms with van der Waals surface area (Å²) in [6.45, 7) is 3.17. The number of nitrogens with zero attached hydrogens (tertiary/aromatic N) is 3. The molecule has 0 atom stereocenters. The number of halogens is 2. The van der Waals surface area contributed by atoms with Crippen LogP contribution < -0.4 is 11.0 Å². The summed E-state index contributed by atoms with van der Waals surface area (Å²) in [5.74, 6) is -0.648. The highest BCUT2D eigenvalue weighted by Gasteiger charge is 2.19. The predicted octanol–water partition coefficient (Wildman–Crippen LogP) is 3.24. The van der Waals surface area contributed by atoms with Crippen LogP contribution in [0.1, 0.15) is 32.1 Å². The Hall–Kier alpha value is -2.90. The van der Waals surface area contributed by atoms with E-state index >= 15 is 0 Å². The smallest absolute Gasteiger partial charge is 0.287 e. The number of benzene rings is 1. The number of rotatable bonds is 5. The van der Waals surface area contributed by atoms with E-state index in [4.69, 9.17) is 23.2 Å². The van der Waals surface area contributed by atoms with Crippen molar-refractivity contribution < 1.29 is 9.59 Å². The van der Waals surface area contributed by atoms with Crippen molar-refractivity contribution in [2.75, 3.05) is 5.43 Å². The van der Waals surface area contributed by atoms with Gasteiger partial charge in [-0.1, -0.05) is 41.4 Å². The van der Waals surface area contributed by atoms with Gasteiger partial charge >= 0.3 is 0 Å². The van der Waals surface area contributed by atoms with Crippen molar-refractivity contribution in [1.29, 1.82) is 0 Å². The molecule has 0 fully saturated rings. The van der Waals surface area contributed by atoms with Crippen molar-refractivity contribution >= 4 is 34.9 Å². The van der Waals surface area contributed by atoms with E-state index in [9.17, 15) is 14.4 Å². The second kappa shape index (κ2) is 8.00. The molecule has 7 nitrogen and oxygen atoms in total. The fourth-order valence-electron chi connectivity index (χ4n) is 2.75. The lowest BCUT2D eigenvalue weighted by Crippen LogP contribution is -2.28. The lowest BCUT2D eigenvalue weighted by molar-refractivity contribution is 0.0961. The van der Waals surface area contributed by atoms with E-state index < -0.39 is 5.56 Å². The zero-order valence-electron chi connectivity index (χ0n) is 15.1. The quantitative estimate of drug-likeness (QED) is 0.644. The molecule has 0 aliphatic rings. The first-order valence-electron chi connectivity index (χ1n) is 8.29. The number of Topliss-reactive ketones (excluding diaryl/α,β-unsaturated/α-hetero) is 1. The number of aromatic nitrogens is 3. The van der Waals surface area contributed by atoms with Crippen LogP contribution >= 0.6 is 23.2 Å². The largest absolute Gasteiger partial charge is 0.292 e. The monoisotopic (exact) mass is 418 g/mol. The summed E-state index contributed by atoms with van der Waals surface area (Å²) in [6.07, 6.45) is 1.21. The van der Waals surface area contributed by atoms with E-state index in [1.165, 1.54) is 10.9 Å². The molecule has 0 saturated heterocycles. The maximum absolute atomic E-state index is 12.7. The molecule has 0 aliphatic heterocycles. The number of aryl methyl sites for hydroxylation is 1. The Morgan fingerprint density at radius 1 is 1.14 bits per heavy atom. The number of hydrogen-bond acceptors (Lipinski definition) is 4. The molecule has 2 heterocycles. The van der Waals surface area contributed by atoms with Gasteiger partial charge in [-0.05, 0) is 32.0 Å². The molecule has 0 aliphatic carbocycles. The number of carbonyl (C=O) groups is 2. The molecule has 0 saturated carbocycles. The average Bonchev–Trinajstić information content (AvgIpc) is 2.97. The third-order valence-corrected chi connectivity index (χ3v) is 4.97. The summed E-state index contributed by atoms with van der Waals surface area (Å²) in [5, 5.41) is 3.68. The Kier molecular flexibility index (Phi) is 5.67. The van der Waals surface area contributed by atoms with E-state index in [2.05, 4.69) is 10.5 Å². The summed E-state index contributed by atoms with van der Waals surface area (Å²) < 4.78 is 2.48. The van der Waals surface area contributed by atoms with Gasteiger partial charge in [-0.25, -0.2) is 4.68 Å². The van der Waals surface area contributed by atoms with Crippen molar-refractivity contribution in [3.05, 3.63) is 85.5 Å². The number of nitrogens with one attached hydrogen (secondary N) is 1. The van der Waals surface area contributed by atoms with Gasteiger partial charge in [0.2, 0.25) is 0 Å². The highest BCUT2D eigenvalue weighted by molar-refractivity contribution is 6.41. The molecule has 144 valence electrons. The molecule has 1 amide bonds. The minimum absolute atomic E-state index is 0.0252. The van der Waals surface area contributed by atoms with E-state index in [-0.39, 0.29) is 28.3 Å². The fraction of sp³-hybridized carbons (Fsp3) is 0.158. The van der Waals surface area contributed by atoms with E-state index in [1.807, 2.05) is 6.07 Å². The summed E-state index contributed by atoms with van der Waals surface area (Å²) in [6, 6.07) is 10.4. The Bertz CT molecular complexity index is 1120. The van der Waals surface area contributed by atoms with Crippen molar-refractivity contribution in [1.82, 2.24) is 14.5 Å². The topological polar surface area (TPSA) is 86.0 Å². The van der Waals surface area contributed by atoms with Crippen molar-refractivity contribution in [2.24, 2.45) is 0 Å². The van der Waals surface area contributed by atoms with E-state index in [1.54, 1.807) is 44.2 Å². The third kappa shape index (κ3) is 3.85. The Balaban J connectivity index is 1.85. The summed E-state index contributed by atoms with van der Waals surface area (Å²) in [5.41, 5.74) is 4.19. The summed E-state index contributed by atoms with van der Waals surface area (Å²) >= 11 is 11.6. The van der Waals surface area contributed by atoms with Gasteiger partial charge in [-0.15, -0.1) is 0 Å². The Morgan fingerprint density at radius 2 is 1.82 bits per heavy atom. The molecule has 0 spiro atoms. The molecule has 2 aromatic heterocycles. The zero-order chi connectivity index (χ0) is 20.4. The maximum Gasteiger partial charge on any atom is 0.287 e.